The van der Waals surface area contributed by atoms with Crippen molar-refractivity contribution < 1.29 is 8.83 Å². The average Bonchev–Trinajstić information content (AvgIpc) is 3.96. The van der Waals surface area contributed by atoms with Crippen LogP contribution in [-0.4, -0.2) is 0 Å². The molecule has 2 aromatic heterocycles. The van der Waals surface area contributed by atoms with Crippen LogP contribution in [0.1, 0.15) is 60.6 Å². The van der Waals surface area contributed by atoms with Crippen LogP contribution in [0.3, 0.4) is 0 Å². The lowest BCUT2D eigenvalue weighted by Gasteiger charge is -2.19. The number of rotatable bonds is 6. The van der Waals surface area contributed by atoms with E-state index in [4.69, 9.17) is 8.83 Å². The third-order valence-corrected chi connectivity index (χ3v) is 13.2. The Bertz CT molecular complexity index is 3670. The lowest BCUT2D eigenvalue weighted by molar-refractivity contribution is 0.563. The summed E-state index contributed by atoms with van der Waals surface area (Å²) in [5, 5.41) is 8.98. The molecule has 2 heterocycles. The Morgan fingerprint density at radius 3 is 1.89 bits per heavy atom. The van der Waals surface area contributed by atoms with E-state index in [1.54, 1.807) is 0 Å². The van der Waals surface area contributed by atoms with Crippen molar-refractivity contribution in [2.75, 3.05) is 0 Å². The third-order valence-electron chi connectivity index (χ3n) is 13.2. The summed E-state index contributed by atoms with van der Waals surface area (Å²) in [5.74, 6) is 0. The molecule has 0 bridgehead atoms. The molecule has 0 saturated carbocycles. The van der Waals surface area contributed by atoms with Crippen molar-refractivity contribution in [2.45, 2.75) is 32.6 Å². The predicted octanol–water partition coefficient (Wildman–Crippen LogP) is 17.5. The minimum absolute atomic E-state index is 0.0612. The van der Waals surface area contributed by atoms with Gasteiger partial charge in [0.25, 0.3) is 0 Å². The number of allylic oxidation sites excluding steroid dienone is 4. The van der Waals surface area contributed by atoms with E-state index >= 15 is 0 Å². The van der Waals surface area contributed by atoms with Gasteiger partial charge >= 0.3 is 0 Å². The molecule has 302 valence electrons. The summed E-state index contributed by atoms with van der Waals surface area (Å²) in [6.07, 6.45) is 7.51. The summed E-state index contributed by atoms with van der Waals surface area (Å²) in [4.78, 5) is 0. The molecule has 63 heavy (non-hydrogen) atoms. The largest absolute Gasteiger partial charge is 0.456 e. The molecule has 0 fully saturated rings. The smallest absolute Gasteiger partial charge is 0.143 e. The molecule has 0 spiro atoms. The van der Waals surface area contributed by atoms with Gasteiger partial charge in [-0.05, 0) is 133 Å². The van der Waals surface area contributed by atoms with Crippen molar-refractivity contribution in [3.63, 3.8) is 0 Å². The first-order valence-corrected chi connectivity index (χ1v) is 21.8. The summed E-state index contributed by atoms with van der Waals surface area (Å²) >= 11 is 0. The van der Waals surface area contributed by atoms with Gasteiger partial charge in [0.1, 0.15) is 22.3 Å². The van der Waals surface area contributed by atoms with E-state index in [-0.39, 0.29) is 5.41 Å². The normalized spacial score (nSPS) is 14.3. The van der Waals surface area contributed by atoms with Crippen LogP contribution in [0.5, 0.6) is 0 Å². The Hall–Kier alpha value is -7.68. The summed E-state index contributed by atoms with van der Waals surface area (Å²) in [5.41, 5.74) is 16.4. The molecule has 1 aliphatic rings. The van der Waals surface area contributed by atoms with Gasteiger partial charge in [-0.15, -0.1) is 0 Å². The lowest BCUT2D eigenvalue weighted by atomic mass is 9.84. The van der Waals surface area contributed by atoms with E-state index in [2.05, 4.69) is 192 Å². The molecular formula is C61H46O2. The molecule has 8 aromatic carbocycles. The SMILES string of the molecule is C=Cc1ccccc1C(=C)c1ccccccc(/C(C)=C/C=C2\CC(C)(C)c3cc(-c4cc5c6ccccc6oc5c5cc6oc7ccccc7c6cc45)ccc32)c2ccccc12. The molecule has 0 N–H and O–H groups in total. The maximum atomic E-state index is 6.60. The van der Waals surface area contributed by atoms with Crippen molar-refractivity contribution in [3.8, 4) is 11.1 Å². The van der Waals surface area contributed by atoms with Crippen molar-refractivity contribution >= 4 is 88.2 Å². The highest BCUT2D eigenvalue weighted by Gasteiger charge is 2.33. The van der Waals surface area contributed by atoms with E-state index in [1.165, 1.54) is 44.3 Å². The predicted molar refractivity (Wildman–Crippen MR) is 269 cm³/mol. The van der Waals surface area contributed by atoms with E-state index in [1.807, 2.05) is 30.3 Å². The van der Waals surface area contributed by atoms with Crippen LogP contribution in [0.4, 0.5) is 0 Å². The van der Waals surface area contributed by atoms with E-state index < -0.39 is 0 Å². The van der Waals surface area contributed by atoms with Crippen molar-refractivity contribution in [1.82, 2.24) is 0 Å². The molecule has 0 unspecified atom stereocenters. The summed E-state index contributed by atoms with van der Waals surface area (Å²) in [6, 6.07) is 60.4. The lowest BCUT2D eigenvalue weighted by Crippen LogP contribution is -2.11. The topological polar surface area (TPSA) is 26.3 Å². The molecule has 1 aliphatic carbocycles. The second kappa shape index (κ2) is 15.0. The van der Waals surface area contributed by atoms with Crippen molar-refractivity contribution in [1.29, 1.82) is 0 Å². The Morgan fingerprint density at radius 1 is 0.524 bits per heavy atom. The first-order valence-electron chi connectivity index (χ1n) is 21.8. The molecule has 10 aromatic rings. The highest BCUT2D eigenvalue weighted by molar-refractivity contribution is 6.23. The van der Waals surface area contributed by atoms with Gasteiger partial charge in [0.05, 0.1) is 0 Å². The summed E-state index contributed by atoms with van der Waals surface area (Å²) in [6.45, 7) is 15.7. The van der Waals surface area contributed by atoms with Crippen LogP contribution in [0, 0.1) is 0 Å². The van der Waals surface area contributed by atoms with Gasteiger partial charge in [0.2, 0.25) is 0 Å². The van der Waals surface area contributed by atoms with E-state index in [0.717, 1.165) is 88.7 Å². The molecule has 2 heteroatoms. The zero-order chi connectivity index (χ0) is 42.8. The number of hydrogen-bond acceptors (Lipinski definition) is 2. The number of fused-ring (bicyclic) bond motifs is 10. The molecule has 0 aliphatic heterocycles. The Morgan fingerprint density at radius 2 is 1.13 bits per heavy atom. The van der Waals surface area contributed by atoms with Gasteiger partial charge in [0, 0.05) is 26.9 Å². The fourth-order valence-electron chi connectivity index (χ4n) is 10.0. The quantitative estimate of drug-likeness (QED) is 0.167. The third kappa shape index (κ3) is 6.41. The van der Waals surface area contributed by atoms with Crippen LogP contribution >= 0.6 is 0 Å². The fraction of sp³-hybridized carbons (Fsp3) is 0.0820. The molecule has 0 atom stereocenters. The monoisotopic (exact) mass is 810 g/mol. The van der Waals surface area contributed by atoms with Crippen LogP contribution < -0.4 is 0 Å². The van der Waals surface area contributed by atoms with Gasteiger partial charge < -0.3 is 8.83 Å². The van der Waals surface area contributed by atoms with Crippen LogP contribution in [0.25, 0.3) is 99.3 Å². The van der Waals surface area contributed by atoms with Crippen molar-refractivity contribution in [2.24, 2.45) is 0 Å². The number of furan rings is 2. The molecular weight excluding hydrogens is 765 g/mol. The fourth-order valence-corrected chi connectivity index (χ4v) is 10.0. The number of benzene rings is 7. The highest BCUT2D eigenvalue weighted by Crippen LogP contribution is 2.49. The zero-order valence-electron chi connectivity index (χ0n) is 35.8. The maximum absolute atomic E-state index is 6.60. The minimum atomic E-state index is -0.0612. The standard InChI is InChI=1S/C61H46O2/c1-6-40-19-11-12-21-44(40)39(3)45-22-10-8-7-9-20-43(47-23-13-14-24-48(45)47)38(2)29-30-42-37-61(4,5)56-33-41(31-32-46(42)56)51-34-54-50-26-16-18-28-58(50)63-60(54)55-36-59-53(35-52(51)55)49-25-15-17-27-57(49)62-59/h6-36H,1,3,37H2,2,4-5H3/b8-7?,9-7?,10-8?,20-9?,22-10?,38-29+,42-30+,43-20?,45-22?,47-43?,48-45?. The van der Waals surface area contributed by atoms with Gasteiger partial charge in [-0.1, -0.05) is 179 Å². The second-order valence-electron chi connectivity index (χ2n) is 17.5. The number of hydrogen-bond donors (Lipinski definition) is 0. The Labute approximate surface area is 367 Å². The first-order chi connectivity index (χ1) is 30.8. The first kappa shape index (κ1) is 38.3. The Balaban J connectivity index is 1.04. The van der Waals surface area contributed by atoms with E-state index in [9.17, 15) is 0 Å². The molecule has 2 nitrogen and oxygen atoms in total. The van der Waals surface area contributed by atoms with Gasteiger partial charge in [0.15, 0.2) is 0 Å². The summed E-state index contributed by atoms with van der Waals surface area (Å²) < 4.78 is 13.0. The van der Waals surface area contributed by atoms with Crippen molar-refractivity contribution in [3.05, 3.63) is 229 Å². The summed E-state index contributed by atoms with van der Waals surface area (Å²) in [7, 11) is 0. The molecule has 0 radical (unpaired) electrons. The second-order valence-corrected chi connectivity index (χ2v) is 17.5. The average molecular weight is 811 g/mol. The Kier molecular flexibility index (Phi) is 9.14. The molecule has 0 saturated heterocycles. The zero-order valence-corrected chi connectivity index (χ0v) is 35.8. The number of para-hydroxylation sites is 2. The van der Waals surface area contributed by atoms with Gasteiger partial charge in [-0.25, -0.2) is 0 Å². The van der Waals surface area contributed by atoms with Crippen LogP contribution in [0.15, 0.2) is 204 Å². The maximum Gasteiger partial charge on any atom is 0.143 e. The van der Waals surface area contributed by atoms with Gasteiger partial charge in [-0.3, -0.25) is 0 Å². The van der Waals surface area contributed by atoms with Crippen LogP contribution in [0.2, 0.25) is 0 Å². The van der Waals surface area contributed by atoms with Gasteiger partial charge in [-0.2, -0.15) is 0 Å². The molecule has 11 rings (SSSR count). The minimum Gasteiger partial charge on any atom is -0.456 e. The highest BCUT2D eigenvalue weighted by atomic mass is 16.3. The van der Waals surface area contributed by atoms with E-state index in [0.29, 0.717) is 0 Å². The van der Waals surface area contributed by atoms with Crippen LogP contribution in [-0.2, 0) is 5.41 Å². The molecule has 0 amide bonds.